The summed E-state index contributed by atoms with van der Waals surface area (Å²) in [5.41, 5.74) is 0. The van der Waals surface area contributed by atoms with Gasteiger partial charge in [-0.3, -0.25) is 9.59 Å². The van der Waals surface area contributed by atoms with Gasteiger partial charge in [-0.2, -0.15) is 0 Å². The van der Waals surface area contributed by atoms with Gasteiger partial charge in [0.1, 0.15) is 6.79 Å². The maximum Gasteiger partial charge on any atom is 0.290 e. The Morgan fingerprint density at radius 1 is 0.733 bits per heavy atom. The van der Waals surface area contributed by atoms with E-state index in [1.807, 2.05) is 0 Å². The van der Waals surface area contributed by atoms with Crippen LogP contribution < -0.4 is 0 Å². The molecule has 0 saturated carbocycles. The number of rotatable bonds is 0. The van der Waals surface area contributed by atoms with E-state index in [1.165, 1.54) is 0 Å². The summed E-state index contributed by atoms with van der Waals surface area (Å²) in [7, 11) is 0. The van der Waals surface area contributed by atoms with Gasteiger partial charge < -0.3 is 36.9 Å². The zero-order valence-corrected chi connectivity index (χ0v) is 20.2. The van der Waals surface area contributed by atoms with Gasteiger partial charge in [0.2, 0.25) is 0 Å². The van der Waals surface area contributed by atoms with Crippen LogP contribution in [-0.4, -0.2) is 56.6 Å². The molecule has 0 heterocycles. The number of carbonyl (C=O) groups is 2. The Morgan fingerprint density at radius 2 is 0.733 bits per heavy atom. The first kappa shape index (κ1) is 70.4. The molecule has 0 unspecified atom stereocenters. The fraction of sp³-hybridized carbons (Fsp3) is 0.333. The molecule has 0 aromatic rings. The van der Waals surface area contributed by atoms with Crippen molar-refractivity contribution in [3.8, 4) is 0 Å². The molecule has 10 N–H and O–H groups in total. The number of aliphatic hydroxyl groups excluding tert-OH is 1. The maximum atomic E-state index is 8.36. The Hall–Kier alpha value is 1.51. The minimum Gasteiger partial charge on any atom is -0.483 e. The van der Waals surface area contributed by atoms with Crippen LogP contribution in [-0.2, 0) is 91.5 Å². The monoisotopic (exact) mass is 536 g/mol. The van der Waals surface area contributed by atoms with Crippen LogP contribution in [0.25, 0.3) is 0 Å². The van der Waals surface area contributed by atoms with Gasteiger partial charge in [-0.25, -0.2) is 0 Å². The Bertz CT molecular complexity index is 49.9. The van der Waals surface area contributed by atoms with E-state index in [9.17, 15) is 0 Å². The molecular weight excluding hydrogens is 517 g/mol. The van der Waals surface area contributed by atoms with Crippen molar-refractivity contribution in [3.05, 3.63) is 0 Å². The molecule has 86 valence electrons. The van der Waals surface area contributed by atoms with E-state index in [-0.39, 0.29) is 111 Å². The van der Waals surface area contributed by atoms with Crippen molar-refractivity contribution in [1.82, 2.24) is 0 Å². The first-order valence-electron chi connectivity index (χ1n) is 1.62. The summed E-state index contributed by atoms with van der Waals surface area (Å²) in [4.78, 5) is 16.7. The largest absolute Gasteiger partial charge is 0.483 e. The van der Waals surface area contributed by atoms with E-state index in [0.717, 1.165) is 0 Å². The zero-order valence-electron chi connectivity index (χ0n) is 8.09. The van der Waals surface area contributed by atoms with Crippen LogP contribution in [0.15, 0.2) is 0 Å². The standard InChI is InChI=1S/CH4O2.2CH2O2.3Cd.3H2O/c3*2-1-3;;;;;;/h2-3H,1H2;2*1H,(H,2,3);;;;3*1H2. The summed E-state index contributed by atoms with van der Waals surface area (Å²) < 4.78 is 0. The van der Waals surface area contributed by atoms with Gasteiger partial charge in [0.25, 0.3) is 12.9 Å². The van der Waals surface area contributed by atoms with Gasteiger partial charge in [-0.05, 0) is 0 Å². The van der Waals surface area contributed by atoms with Crippen LogP contribution in [0.4, 0.5) is 0 Å². The number of hydrogen-bond donors (Lipinski definition) is 4. The van der Waals surface area contributed by atoms with Crippen molar-refractivity contribution < 1.29 is 128 Å². The summed E-state index contributed by atoms with van der Waals surface area (Å²) in [6, 6.07) is 0. The van der Waals surface area contributed by atoms with Crippen molar-refractivity contribution in [1.29, 1.82) is 0 Å². The first-order chi connectivity index (χ1) is 4.24. The molecule has 0 fully saturated rings. The molecule has 0 rings (SSSR count). The van der Waals surface area contributed by atoms with Gasteiger partial charge in [-0.15, -0.1) is 0 Å². The molecule has 9 nitrogen and oxygen atoms in total. The van der Waals surface area contributed by atoms with E-state index in [4.69, 9.17) is 30.0 Å². The third-order valence-electron chi connectivity index (χ3n) is 0. The predicted octanol–water partition coefficient (Wildman–Crippen LogP) is -4.15. The molecule has 0 bridgehead atoms. The van der Waals surface area contributed by atoms with Crippen molar-refractivity contribution in [2.45, 2.75) is 0 Å². The second-order valence-electron chi connectivity index (χ2n) is 0.352. The number of hydrogen-bond acceptors (Lipinski definition) is 4. The Kier molecular flexibility index (Phi) is 755. The molecular formula is C3H14Cd3O9. The van der Waals surface area contributed by atoms with Crippen LogP contribution in [0, 0.1) is 0 Å². The van der Waals surface area contributed by atoms with Gasteiger partial charge in [-0.1, -0.05) is 0 Å². The average Bonchev–Trinajstić information content (AvgIpc) is 1.70. The van der Waals surface area contributed by atoms with E-state index in [0.29, 0.717) is 0 Å². The summed E-state index contributed by atoms with van der Waals surface area (Å²) in [6.45, 7) is -1.25. The van der Waals surface area contributed by atoms with Crippen molar-refractivity contribution in [2.24, 2.45) is 0 Å². The third-order valence-corrected chi connectivity index (χ3v) is 0. The second-order valence-corrected chi connectivity index (χ2v) is 0.352. The zero-order chi connectivity index (χ0) is 8.12. The minimum atomic E-state index is -0.750. The van der Waals surface area contributed by atoms with E-state index in [2.05, 4.69) is 0 Å². The van der Waals surface area contributed by atoms with Crippen LogP contribution in [0.5, 0.6) is 0 Å². The summed E-state index contributed by atoms with van der Waals surface area (Å²) >= 11 is 0. The second kappa shape index (κ2) is 161. The molecule has 0 aliphatic rings. The predicted molar refractivity (Wildman–Crippen MR) is 37.5 cm³/mol. The van der Waals surface area contributed by atoms with Crippen molar-refractivity contribution >= 4 is 12.9 Å². The molecule has 0 aliphatic heterocycles. The molecule has 12 heteroatoms. The van der Waals surface area contributed by atoms with Crippen LogP contribution in [0.2, 0.25) is 0 Å². The van der Waals surface area contributed by atoms with E-state index in [1.54, 1.807) is 0 Å². The molecule has 0 aliphatic carbocycles. The Labute approximate surface area is 146 Å². The molecule has 0 atom stereocenters. The van der Waals surface area contributed by atoms with E-state index < -0.39 is 6.79 Å². The van der Waals surface area contributed by atoms with Gasteiger partial charge >= 0.3 is 0 Å². The Balaban J connectivity index is -0.00000000429. The summed E-state index contributed by atoms with van der Waals surface area (Å²) in [6.07, 6.45) is 0. The van der Waals surface area contributed by atoms with Gasteiger partial charge in [0.05, 0.1) is 0 Å². The number of aliphatic hydroxyl groups is 2. The van der Waals surface area contributed by atoms with E-state index >= 15 is 0 Å². The maximum absolute atomic E-state index is 8.36. The quantitative estimate of drug-likeness (QED) is 0.138. The molecule has 15 heavy (non-hydrogen) atoms. The van der Waals surface area contributed by atoms with Crippen LogP contribution >= 0.6 is 0 Å². The molecule has 0 aromatic heterocycles. The molecule has 0 aromatic carbocycles. The SMILES string of the molecule is O.O.O.O=CO.O=CO.OCO.[Cd].[Cd].[Cd]. The fourth-order valence-electron chi connectivity index (χ4n) is 0. The van der Waals surface area contributed by atoms with Crippen LogP contribution in [0.3, 0.4) is 0 Å². The molecule has 0 amide bonds. The average molecular weight is 531 g/mol. The summed E-state index contributed by atoms with van der Waals surface area (Å²) in [5.74, 6) is 0. The number of carboxylic acid groups (broad SMARTS) is 2. The smallest absolute Gasteiger partial charge is 0.290 e. The van der Waals surface area contributed by atoms with Gasteiger partial charge in [0, 0.05) is 81.9 Å². The summed E-state index contributed by atoms with van der Waals surface area (Å²) in [5, 5.41) is 28.0. The molecule has 0 spiro atoms. The van der Waals surface area contributed by atoms with Crippen molar-refractivity contribution in [3.63, 3.8) is 0 Å². The topological polar surface area (TPSA) is 210 Å². The third kappa shape index (κ3) is 1250. The first-order valence-corrected chi connectivity index (χ1v) is 1.62. The van der Waals surface area contributed by atoms with Gasteiger partial charge in [0.15, 0.2) is 0 Å². The van der Waals surface area contributed by atoms with Crippen molar-refractivity contribution in [2.75, 3.05) is 6.79 Å². The van der Waals surface area contributed by atoms with Crippen LogP contribution in [0.1, 0.15) is 0 Å². The normalized spacial score (nSPS) is 2.80. The molecule has 0 saturated heterocycles. The Morgan fingerprint density at radius 3 is 0.733 bits per heavy atom. The minimum absolute atomic E-state index is 0. The fourth-order valence-corrected chi connectivity index (χ4v) is 0. The molecule has 0 radical (unpaired) electrons.